The minimum absolute atomic E-state index is 0.792. The van der Waals surface area contributed by atoms with Crippen molar-refractivity contribution in [3.63, 3.8) is 0 Å². The molecule has 0 unspecified atom stereocenters. The first kappa shape index (κ1) is 91.7. The Morgan fingerprint density at radius 2 is 0.582 bits per heavy atom. The predicted octanol–water partition coefficient (Wildman–Crippen LogP) is 36.7. The third-order valence-electron chi connectivity index (χ3n) is 25.5. The largest absolute Gasteiger partial charge is 0.456 e. The van der Waals surface area contributed by atoms with E-state index in [9.17, 15) is 0 Å². The zero-order valence-electron chi connectivity index (χ0n) is 80.4. The molecule has 0 amide bonds. The Bertz CT molecular complexity index is 8940. The minimum atomic E-state index is 0.792. The SMILES string of the molecule is Cc1ccc2c(c1)oc1ccccc12.Cc1ccc2oc3ccccc3c2c1.Cc1ccc2sc3ccccc3c2c1.Cc1cccc2c1oc1ccccc12.Cc1cccc2c1oc1ccccc12.Cc1cccc2c1sc1ccccc12.Cc1ccccc1.Cc1nc(-c2ccccc2)cc(-c2ccccc2)n1.Cn1c2ccccc2c2ccccc21.Cn1c2ccccc2n2c3ccccc3nc12. The predicted molar refractivity (Wildman–Crippen MR) is 600 cm³/mol. The molecule has 0 atom stereocenters. The summed E-state index contributed by atoms with van der Waals surface area (Å²) in [5.41, 5.74) is 28.1. The average molecular weight is 1870 g/mol. The average Bonchev–Trinajstić information content (AvgIpc) is 1.57. The number of hydrogen-bond acceptors (Lipinski definition) is 9. The van der Waals surface area contributed by atoms with E-state index in [0.29, 0.717) is 0 Å². The maximum Gasteiger partial charge on any atom is 0.215 e. The Balaban J connectivity index is 0.0000000966. The number of para-hydroxylation sites is 12. The number of aryl methyl sites for hydroxylation is 10. The maximum atomic E-state index is 5.78. The van der Waals surface area contributed by atoms with Crippen LogP contribution in [-0.2, 0) is 14.1 Å². The molecule has 0 bridgehead atoms. The van der Waals surface area contributed by atoms with Gasteiger partial charge in [-0.15, -0.1) is 22.7 Å². The topological polar surface area (TPSA) is 106 Å². The van der Waals surface area contributed by atoms with E-state index >= 15 is 0 Å². The van der Waals surface area contributed by atoms with Gasteiger partial charge in [-0.1, -0.05) is 356 Å². The maximum absolute atomic E-state index is 5.78. The number of benzene rings is 19. The molecule has 29 aromatic rings. The second-order valence-electron chi connectivity index (χ2n) is 35.4. The lowest BCUT2D eigenvalue weighted by Crippen LogP contribution is -1.94. The molecule has 0 radical (unpaired) electrons. The molecule has 29 rings (SSSR count). The van der Waals surface area contributed by atoms with Gasteiger partial charge in [-0.3, -0.25) is 4.40 Å². The number of imidazole rings is 2. The highest BCUT2D eigenvalue weighted by Crippen LogP contribution is 2.40. The van der Waals surface area contributed by atoms with Crippen molar-refractivity contribution in [3.8, 4) is 22.5 Å². The fourth-order valence-corrected chi connectivity index (χ4v) is 20.7. The van der Waals surface area contributed by atoms with Crippen LogP contribution in [0.2, 0.25) is 0 Å². The van der Waals surface area contributed by atoms with Crippen LogP contribution in [0, 0.1) is 55.4 Å². The van der Waals surface area contributed by atoms with Crippen molar-refractivity contribution < 1.29 is 17.7 Å². The van der Waals surface area contributed by atoms with Crippen molar-refractivity contribution in [2.45, 2.75) is 55.4 Å². The lowest BCUT2D eigenvalue weighted by Gasteiger charge is -2.06. The van der Waals surface area contributed by atoms with Gasteiger partial charge in [0.1, 0.15) is 50.5 Å². The minimum Gasteiger partial charge on any atom is -0.456 e. The molecule has 0 N–H and O–H groups in total. The number of hydrogen-bond donors (Lipinski definition) is 0. The molecule has 0 spiro atoms. The smallest absolute Gasteiger partial charge is 0.215 e. The molecule has 10 nitrogen and oxygen atoms in total. The number of nitrogens with zero attached hydrogens (tertiary/aromatic N) is 6. The van der Waals surface area contributed by atoms with E-state index in [1.54, 1.807) is 0 Å². The van der Waals surface area contributed by atoms with Crippen LogP contribution in [0.25, 0.3) is 200 Å². The summed E-state index contributed by atoms with van der Waals surface area (Å²) in [6.45, 7) is 16.7. The van der Waals surface area contributed by atoms with Gasteiger partial charge in [0, 0.05) is 130 Å². The van der Waals surface area contributed by atoms with Gasteiger partial charge in [-0.05, 0) is 187 Å². The molecule has 0 aliphatic carbocycles. The van der Waals surface area contributed by atoms with E-state index in [1.165, 1.54) is 161 Å². The van der Waals surface area contributed by atoms with Crippen molar-refractivity contribution in [1.29, 1.82) is 0 Å². The third kappa shape index (κ3) is 19.7. The number of fused-ring (bicyclic) bond motifs is 26. The zero-order valence-corrected chi connectivity index (χ0v) is 82.0. The number of rotatable bonds is 2. The highest BCUT2D eigenvalue weighted by atomic mass is 32.1. The lowest BCUT2D eigenvalue weighted by atomic mass is 10.1. The van der Waals surface area contributed by atoms with E-state index in [2.05, 4.69) is 394 Å². The fourth-order valence-electron chi connectivity index (χ4n) is 18.4. The van der Waals surface area contributed by atoms with Crippen LogP contribution in [0.5, 0.6) is 0 Å². The second-order valence-corrected chi connectivity index (χ2v) is 37.5. The molecule has 0 saturated heterocycles. The van der Waals surface area contributed by atoms with E-state index in [0.717, 1.165) is 84.3 Å². The molecule has 12 heteroatoms. The standard InChI is InChI=1S/C17H14N2.C14H11N3.C13H11N.4C13H10O.2C13H10S.C7H8/c1-13-18-16(14-8-4-2-5-9-14)12-17(19-13)15-10-6-3-7-11-15;1-16-12-8-4-5-9-13(12)17-11-7-3-2-6-10(11)15-14(16)17;1-14-12-8-4-2-6-10(12)11-7-3-5-9-13(11)14;2*1-9-5-4-7-11-10-6-2-3-8-12(10)14-13(9)11;1-9-6-7-13-11(8-9)10-4-2-3-5-12(10)14-13;1-9-6-7-11-10-4-2-3-5-12(10)14-13(11)8-9;1-9-5-4-7-11-10-6-2-3-8-12(10)14-13(9)11;1-9-6-7-13-11(8-9)10-4-2-3-5-12(10)14-13;1-7-5-3-2-4-6-7/h2-12H,1H3;2-9H,1H3;2-9H,1H3;6*2-8H,1H3;2-6H,1H3. The van der Waals surface area contributed by atoms with Crippen LogP contribution in [0.3, 0.4) is 0 Å². The first-order chi connectivity index (χ1) is 69.1. The molecular formula is C129H104N6O4S2. The number of furan rings is 4. The molecule has 0 saturated carbocycles. The molecule has 686 valence electrons. The first-order valence-electron chi connectivity index (χ1n) is 47.5. The van der Waals surface area contributed by atoms with Crippen molar-refractivity contribution in [2.24, 2.45) is 14.1 Å². The van der Waals surface area contributed by atoms with Gasteiger partial charge in [0.05, 0.1) is 33.5 Å². The Morgan fingerprint density at radius 3 is 1.13 bits per heavy atom. The quantitative estimate of drug-likeness (QED) is 0.170. The van der Waals surface area contributed by atoms with Gasteiger partial charge in [0.2, 0.25) is 5.78 Å². The summed E-state index contributed by atoms with van der Waals surface area (Å²) in [6, 6.07) is 154. The summed E-state index contributed by atoms with van der Waals surface area (Å²) in [6.07, 6.45) is 0. The normalized spacial score (nSPS) is 11.0. The summed E-state index contributed by atoms with van der Waals surface area (Å²) >= 11 is 3.76. The summed E-state index contributed by atoms with van der Waals surface area (Å²) in [5.74, 6) is 1.78. The van der Waals surface area contributed by atoms with Crippen LogP contribution < -0.4 is 0 Å². The fraction of sp³-hybridized carbons (Fsp3) is 0.0775. The Labute approximate surface area is 826 Å². The van der Waals surface area contributed by atoms with Gasteiger partial charge >= 0.3 is 0 Å². The van der Waals surface area contributed by atoms with Gasteiger partial charge in [-0.25, -0.2) is 15.0 Å². The Kier molecular flexibility index (Phi) is 27.0. The highest BCUT2D eigenvalue weighted by Gasteiger charge is 2.16. The molecule has 0 aliphatic rings. The molecule has 10 aromatic heterocycles. The monoisotopic (exact) mass is 1860 g/mol. The van der Waals surface area contributed by atoms with Crippen molar-refractivity contribution in [2.75, 3.05) is 0 Å². The van der Waals surface area contributed by atoms with Gasteiger partial charge in [0.25, 0.3) is 0 Å². The Hall–Kier alpha value is -17.0. The molecular weight excluding hydrogens is 1760 g/mol. The van der Waals surface area contributed by atoms with E-state index in [4.69, 9.17) is 17.7 Å². The first-order valence-corrected chi connectivity index (χ1v) is 49.2. The van der Waals surface area contributed by atoms with Crippen molar-refractivity contribution >= 4 is 200 Å². The van der Waals surface area contributed by atoms with Crippen molar-refractivity contribution in [1.82, 2.24) is 28.5 Å². The van der Waals surface area contributed by atoms with Gasteiger partial charge < -0.3 is 26.8 Å². The van der Waals surface area contributed by atoms with E-state index < -0.39 is 0 Å². The lowest BCUT2D eigenvalue weighted by molar-refractivity contribution is 0.665. The molecule has 19 aromatic carbocycles. The summed E-state index contributed by atoms with van der Waals surface area (Å²) in [7, 11) is 4.17. The highest BCUT2D eigenvalue weighted by molar-refractivity contribution is 7.26. The van der Waals surface area contributed by atoms with Crippen LogP contribution in [0.4, 0.5) is 0 Å². The van der Waals surface area contributed by atoms with Crippen LogP contribution >= 0.6 is 22.7 Å². The number of thiophene rings is 2. The van der Waals surface area contributed by atoms with E-state index in [-0.39, 0.29) is 0 Å². The van der Waals surface area contributed by atoms with Gasteiger partial charge in [0.15, 0.2) is 0 Å². The second kappa shape index (κ2) is 41.5. The molecule has 141 heavy (non-hydrogen) atoms. The zero-order chi connectivity index (χ0) is 96.4. The van der Waals surface area contributed by atoms with Gasteiger partial charge in [-0.2, -0.15) is 0 Å². The van der Waals surface area contributed by atoms with Crippen LogP contribution in [-0.4, -0.2) is 28.5 Å². The Morgan fingerprint density at radius 1 is 0.213 bits per heavy atom. The summed E-state index contributed by atoms with van der Waals surface area (Å²) in [5, 5.41) is 17.9. The molecule has 10 heterocycles. The van der Waals surface area contributed by atoms with Crippen molar-refractivity contribution in [3.05, 3.63) is 494 Å². The van der Waals surface area contributed by atoms with E-state index in [1.807, 2.05) is 175 Å². The molecule has 0 aliphatic heterocycles. The van der Waals surface area contributed by atoms with Crippen LogP contribution in [0.15, 0.2) is 467 Å². The third-order valence-corrected chi connectivity index (χ3v) is 27.9. The molecule has 0 fully saturated rings. The summed E-state index contributed by atoms with van der Waals surface area (Å²) < 4.78 is 35.2. The summed E-state index contributed by atoms with van der Waals surface area (Å²) in [4.78, 5) is 13.7. The van der Waals surface area contributed by atoms with Crippen LogP contribution in [0.1, 0.15) is 44.8 Å². The number of aromatic nitrogens is 6.